The smallest absolute Gasteiger partial charge is 0.306 e. The summed E-state index contributed by atoms with van der Waals surface area (Å²) in [5, 5.41) is 8.74. The van der Waals surface area contributed by atoms with Crippen molar-refractivity contribution in [3.05, 3.63) is 0 Å². The van der Waals surface area contributed by atoms with Crippen LogP contribution in [0.15, 0.2) is 0 Å². The number of hydrogen-bond donors (Lipinski definition) is 1. The van der Waals surface area contributed by atoms with Crippen LogP contribution in [0, 0.1) is 17.8 Å². The molecular weight excluding hydrogens is 140 g/mol. The molecule has 1 N–H and O–H groups in total. The Hall–Kier alpha value is -0.530. The quantitative estimate of drug-likeness (QED) is 0.631. The van der Waals surface area contributed by atoms with E-state index in [1.54, 1.807) is 0 Å². The summed E-state index contributed by atoms with van der Waals surface area (Å²) in [6, 6.07) is 0. The summed E-state index contributed by atoms with van der Waals surface area (Å²) in [5.74, 6) is 0.625. The number of aliphatic carboxylic acids is 1. The Labute approximate surface area is 67.6 Å². The SMILES string of the molecule is C[C@@H]1CC[C@H](C(=O)O)C[C@@H]1C. The topological polar surface area (TPSA) is 37.3 Å². The second-order valence-corrected chi connectivity index (χ2v) is 3.80. The van der Waals surface area contributed by atoms with E-state index in [-0.39, 0.29) is 5.92 Å². The lowest BCUT2D eigenvalue weighted by atomic mass is 9.76. The lowest BCUT2D eigenvalue weighted by Gasteiger charge is -2.29. The molecular formula is C9H16O2. The highest BCUT2D eigenvalue weighted by atomic mass is 16.4. The van der Waals surface area contributed by atoms with Crippen molar-refractivity contribution in [2.45, 2.75) is 33.1 Å². The molecule has 3 atom stereocenters. The van der Waals surface area contributed by atoms with E-state index in [0.717, 1.165) is 19.3 Å². The first-order chi connectivity index (χ1) is 5.11. The van der Waals surface area contributed by atoms with Gasteiger partial charge in [-0.2, -0.15) is 0 Å². The van der Waals surface area contributed by atoms with Crippen molar-refractivity contribution in [3.63, 3.8) is 0 Å². The highest BCUT2D eigenvalue weighted by Crippen LogP contribution is 2.33. The third-order valence-corrected chi connectivity index (χ3v) is 2.95. The Kier molecular flexibility index (Phi) is 2.53. The molecule has 0 aromatic rings. The Morgan fingerprint density at radius 3 is 2.36 bits per heavy atom. The summed E-state index contributed by atoms with van der Waals surface area (Å²) in [6.07, 6.45) is 2.83. The van der Waals surface area contributed by atoms with Crippen molar-refractivity contribution in [2.75, 3.05) is 0 Å². The molecule has 1 aliphatic carbocycles. The van der Waals surface area contributed by atoms with E-state index in [4.69, 9.17) is 5.11 Å². The summed E-state index contributed by atoms with van der Waals surface area (Å²) < 4.78 is 0. The van der Waals surface area contributed by atoms with Gasteiger partial charge in [0, 0.05) is 0 Å². The minimum Gasteiger partial charge on any atom is -0.481 e. The summed E-state index contributed by atoms with van der Waals surface area (Å²) in [4.78, 5) is 10.6. The molecule has 64 valence electrons. The van der Waals surface area contributed by atoms with Gasteiger partial charge in [0.25, 0.3) is 0 Å². The van der Waals surface area contributed by atoms with E-state index in [1.807, 2.05) is 0 Å². The van der Waals surface area contributed by atoms with Crippen LogP contribution in [-0.4, -0.2) is 11.1 Å². The van der Waals surface area contributed by atoms with Gasteiger partial charge in [0.15, 0.2) is 0 Å². The zero-order valence-electron chi connectivity index (χ0n) is 7.21. The molecule has 0 aliphatic heterocycles. The molecule has 1 fully saturated rings. The van der Waals surface area contributed by atoms with Crippen molar-refractivity contribution in [1.29, 1.82) is 0 Å². The second kappa shape index (κ2) is 3.24. The molecule has 1 aliphatic rings. The van der Waals surface area contributed by atoms with Crippen LogP contribution in [-0.2, 0) is 4.79 Å². The van der Waals surface area contributed by atoms with Crippen LogP contribution in [0.25, 0.3) is 0 Å². The highest BCUT2D eigenvalue weighted by molar-refractivity contribution is 5.70. The number of hydrogen-bond acceptors (Lipinski definition) is 1. The molecule has 0 bridgehead atoms. The average molecular weight is 156 g/mol. The van der Waals surface area contributed by atoms with Crippen LogP contribution in [0.5, 0.6) is 0 Å². The van der Waals surface area contributed by atoms with E-state index in [1.165, 1.54) is 0 Å². The first-order valence-corrected chi connectivity index (χ1v) is 4.34. The summed E-state index contributed by atoms with van der Waals surface area (Å²) in [5.41, 5.74) is 0. The largest absolute Gasteiger partial charge is 0.481 e. The molecule has 0 spiro atoms. The van der Waals surface area contributed by atoms with Gasteiger partial charge in [0.1, 0.15) is 0 Å². The van der Waals surface area contributed by atoms with Crippen molar-refractivity contribution < 1.29 is 9.90 Å². The van der Waals surface area contributed by atoms with Gasteiger partial charge in [-0.15, -0.1) is 0 Å². The minimum atomic E-state index is -0.608. The lowest BCUT2D eigenvalue weighted by molar-refractivity contribution is -0.143. The van der Waals surface area contributed by atoms with Crippen LogP contribution in [0.2, 0.25) is 0 Å². The zero-order chi connectivity index (χ0) is 8.43. The van der Waals surface area contributed by atoms with E-state index in [2.05, 4.69) is 13.8 Å². The standard InChI is InChI=1S/C9H16O2/c1-6-3-4-8(9(10)11)5-7(6)2/h6-8H,3-5H2,1-2H3,(H,10,11)/t6-,7+,8+/m1/s1. The van der Waals surface area contributed by atoms with Crippen molar-refractivity contribution in [3.8, 4) is 0 Å². The Morgan fingerprint density at radius 2 is 1.91 bits per heavy atom. The maximum absolute atomic E-state index is 10.6. The predicted octanol–water partition coefficient (Wildman–Crippen LogP) is 2.14. The van der Waals surface area contributed by atoms with E-state index < -0.39 is 5.97 Å². The first-order valence-electron chi connectivity index (χ1n) is 4.34. The summed E-state index contributed by atoms with van der Waals surface area (Å²) in [6.45, 7) is 4.36. The molecule has 0 unspecified atom stereocenters. The molecule has 0 amide bonds. The molecule has 11 heavy (non-hydrogen) atoms. The van der Waals surface area contributed by atoms with Crippen molar-refractivity contribution in [1.82, 2.24) is 0 Å². The Bertz CT molecular complexity index is 154. The molecule has 2 heteroatoms. The zero-order valence-corrected chi connectivity index (χ0v) is 7.21. The van der Waals surface area contributed by atoms with Gasteiger partial charge in [0.05, 0.1) is 5.92 Å². The monoisotopic (exact) mass is 156 g/mol. The van der Waals surface area contributed by atoms with Crippen molar-refractivity contribution >= 4 is 5.97 Å². The van der Waals surface area contributed by atoms with Gasteiger partial charge in [-0.3, -0.25) is 4.79 Å². The second-order valence-electron chi connectivity index (χ2n) is 3.80. The van der Waals surface area contributed by atoms with Crippen LogP contribution in [0.1, 0.15) is 33.1 Å². The number of carboxylic acids is 1. The van der Waals surface area contributed by atoms with Gasteiger partial charge in [-0.05, 0) is 31.1 Å². The summed E-state index contributed by atoms with van der Waals surface area (Å²) >= 11 is 0. The van der Waals surface area contributed by atoms with Crippen LogP contribution < -0.4 is 0 Å². The number of rotatable bonds is 1. The third-order valence-electron chi connectivity index (χ3n) is 2.95. The highest BCUT2D eigenvalue weighted by Gasteiger charge is 2.28. The molecule has 2 nitrogen and oxygen atoms in total. The normalized spacial score (nSPS) is 38.5. The maximum atomic E-state index is 10.6. The molecule has 1 saturated carbocycles. The first kappa shape index (κ1) is 8.57. The number of carboxylic acid groups (broad SMARTS) is 1. The fraction of sp³-hybridized carbons (Fsp3) is 0.889. The van der Waals surface area contributed by atoms with E-state index in [0.29, 0.717) is 11.8 Å². The predicted molar refractivity (Wildman–Crippen MR) is 43.3 cm³/mol. The average Bonchev–Trinajstić information content (AvgIpc) is 1.94. The molecule has 0 aromatic heterocycles. The maximum Gasteiger partial charge on any atom is 0.306 e. The Morgan fingerprint density at radius 1 is 1.27 bits per heavy atom. The molecule has 0 radical (unpaired) electrons. The molecule has 0 aromatic carbocycles. The van der Waals surface area contributed by atoms with Gasteiger partial charge in [-0.25, -0.2) is 0 Å². The fourth-order valence-electron chi connectivity index (χ4n) is 1.77. The lowest BCUT2D eigenvalue weighted by Crippen LogP contribution is -2.25. The van der Waals surface area contributed by atoms with Crippen LogP contribution in [0.4, 0.5) is 0 Å². The van der Waals surface area contributed by atoms with E-state index in [9.17, 15) is 4.79 Å². The summed E-state index contributed by atoms with van der Waals surface area (Å²) in [7, 11) is 0. The van der Waals surface area contributed by atoms with Gasteiger partial charge < -0.3 is 5.11 Å². The van der Waals surface area contributed by atoms with E-state index >= 15 is 0 Å². The third kappa shape index (κ3) is 1.95. The molecule has 0 saturated heterocycles. The van der Waals surface area contributed by atoms with Gasteiger partial charge in [0.2, 0.25) is 0 Å². The van der Waals surface area contributed by atoms with Gasteiger partial charge >= 0.3 is 5.97 Å². The van der Waals surface area contributed by atoms with Gasteiger partial charge in [-0.1, -0.05) is 13.8 Å². The van der Waals surface area contributed by atoms with Crippen LogP contribution in [0.3, 0.4) is 0 Å². The number of carbonyl (C=O) groups is 1. The van der Waals surface area contributed by atoms with Crippen molar-refractivity contribution in [2.24, 2.45) is 17.8 Å². The fourth-order valence-corrected chi connectivity index (χ4v) is 1.77. The molecule has 1 rings (SSSR count). The Balaban J connectivity index is 2.46. The van der Waals surface area contributed by atoms with Crippen LogP contribution >= 0.6 is 0 Å². The minimum absolute atomic E-state index is 0.0683. The molecule has 0 heterocycles.